The smallest absolute Gasteiger partial charge is 0.253 e. The highest BCUT2D eigenvalue weighted by atomic mass is 16.5. The molecule has 0 radical (unpaired) electrons. The summed E-state index contributed by atoms with van der Waals surface area (Å²) in [7, 11) is 0. The highest BCUT2D eigenvalue weighted by Gasteiger charge is 2.10. The lowest BCUT2D eigenvalue weighted by molar-refractivity contribution is 0.260. The van der Waals surface area contributed by atoms with Gasteiger partial charge >= 0.3 is 0 Å². The van der Waals surface area contributed by atoms with Crippen LogP contribution in [-0.4, -0.2) is 15.2 Å². The number of para-hydroxylation sites is 1. The summed E-state index contributed by atoms with van der Waals surface area (Å²) in [6.07, 6.45) is 1.75. The van der Waals surface area contributed by atoms with Gasteiger partial charge in [0.05, 0.1) is 0 Å². The molecule has 0 atom stereocenters. The zero-order valence-electron chi connectivity index (χ0n) is 11.4. The van der Waals surface area contributed by atoms with E-state index in [0.717, 1.165) is 10.9 Å². The molecule has 0 unspecified atom stereocenters. The maximum absolute atomic E-state index is 5.74. The van der Waals surface area contributed by atoms with Gasteiger partial charge in [-0.15, -0.1) is 10.2 Å². The van der Waals surface area contributed by atoms with Crippen LogP contribution in [0.2, 0.25) is 0 Å². The molecule has 0 spiro atoms. The molecule has 0 fully saturated rings. The summed E-state index contributed by atoms with van der Waals surface area (Å²) in [5, 5.41) is 8.99. The molecule has 3 aromatic rings. The fourth-order valence-corrected chi connectivity index (χ4v) is 1.89. The zero-order valence-corrected chi connectivity index (χ0v) is 11.4. The van der Waals surface area contributed by atoms with Crippen molar-refractivity contribution in [1.29, 1.82) is 0 Å². The first-order valence-electron chi connectivity index (χ1n) is 6.53. The van der Waals surface area contributed by atoms with Crippen LogP contribution < -0.4 is 4.74 Å². The molecule has 0 aliphatic heterocycles. The van der Waals surface area contributed by atoms with E-state index in [4.69, 9.17) is 9.15 Å². The molecule has 0 aliphatic carbocycles. The van der Waals surface area contributed by atoms with E-state index in [1.165, 1.54) is 0 Å². The predicted molar refractivity (Wildman–Crippen MR) is 74.5 cm³/mol. The van der Waals surface area contributed by atoms with Crippen LogP contribution >= 0.6 is 0 Å². The van der Waals surface area contributed by atoms with Crippen LogP contribution in [0.15, 0.2) is 40.9 Å². The molecule has 102 valence electrons. The lowest BCUT2D eigenvalue weighted by atomic mass is 10.2. The molecule has 0 aliphatic rings. The first-order chi connectivity index (χ1) is 9.74. The Kier molecular flexibility index (Phi) is 3.33. The minimum Gasteiger partial charge on any atom is -0.482 e. The number of hydrogen-bond donors (Lipinski definition) is 0. The maximum atomic E-state index is 5.74. The summed E-state index contributed by atoms with van der Waals surface area (Å²) in [6.45, 7) is 4.26. The molecule has 0 bridgehead atoms. The summed E-state index contributed by atoms with van der Waals surface area (Å²) in [5.41, 5.74) is 0.832. The van der Waals surface area contributed by atoms with Crippen molar-refractivity contribution in [3.8, 4) is 5.75 Å². The lowest BCUT2D eigenvalue weighted by Crippen LogP contribution is -1.97. The highest BCUT2D eigenvalue weighted by Crippen LogP contribution is 2.23. The van der Waals surface area contributed by atoms with E-state index in [1.807, 2.05) is 44.2 Å². The third kappa shape index (κ3) is 2.47. The van der Waals surface area contributed by atoms with Crippen LogP contribution in [0, 0.1) is 0 Å². The van der Waals surface area contributed by atoms with Crippen molar-refractivity contribution in [3.63, 3.8) is 0 Å². The van der Waals surface area contributed by atoms with Gasteiger partial charge in [0, 0.05) is 17.5 Å². The predicted octanol–water partition coefficient (Wildman–Crippen LogP) is 3.32. The first kappa shape index (κ1) is 12.6. The number of aromatic nitrogens is 3. The van der Waals surface area contributed by atoms with Crippen molar-refractivity contribution >= 4 is 10.9 Å². The second kappa shape index (κ2) is 5.28. The number of fused-ring (bicyclic) bond motifs is 1. The number of rotatable bonds is 4. The lowest BCUT2D eigenvalue weighted by Gasteiger charge is -2.06. The van der Waals surface area contributed by atoms with Crippen LogP contribution in [-0.2, 0) is 6.61 Å². The van der Waals surface area contributed by atoms with Gasteiger partial charge in [-0.05, 0) is 12.1 Å². The van der Waals surface area contributed by atoms with Crippen LogP contribution in [0.3, 0.4) is 0 Å². The van der Waals surface area contributed by atoms with Crippen molar-refractivity contribution in [2.45, 2.75) is 26.4 Å². The molecule has 3 rings (SSSR count). The second-order valence-corrected chi connectivity index (χ2v) is 4.81. The number of ether oxygens (including phenoxy) is 1. The van der Waals surface area contributed by atoms with Crippen molar-refractivity contribution in [3.05, 3.63) is 48.3 Å². The largest absolute Gasteiger partial charge is 0.482 e. The van der Waals surface area contributed by atoms with E-state index in [-0.39, 0.29) is 12.5 Å². The molecule has 0 saturated heterocycles. The molecular formula is C15H15N3O2. The monoisotopic (exact) mass is 269 g/mol. The number of benzene rings is 1. The summed E-state index contributed by atoms with van der Waals surface area (Å²) >= 11 is 0. The van der Waals surface area contributed by atoms with Crippen LogP contribution in [0.4, 0.5) is 0 Å². The third-order valence-corrected chi connectivity index (χ3v) is 2.92. The Hall–Kier alpha value is -2.43. The molecule has 1 aromatic carbocycles. The average molecular weight is 269 g/mol. The number of hydrogen-bond acceptors (Lipinski definition) is 5. The molecule has 5 heteroatoms. The summed E-state index contributed by atoms with van der Waals surface area (Å²) < 4.78 is 11.3. The molecular weight excluding hydrogens is 254 g/mol. The average Bonchev–Trinajstić information content (AvgIpc) is 2.94. The van der Waals surface area contributed by atoms with Gasteiger partial charge in [0.25, 0.3) is 5.89 Å². The summed E-state index contributed by atoms with van der Waals surface area (Å²) in [4.78, 5) is 4.34. The Morgan fingerprint density at radius 1 is 1.15 bits per heavy atom. The van der Waals surface area contributed by atoms with Gasteiger partial charge < -0.3 is 9.15 Å². The van der Waals surface area contributed by atoms with E-state index in [1.54, 1.807) is 6.20 Å². The highest BCUT2D eigenvalue weighted by molar-refractivity contribution is 5.84. The first-order valence-corrected chi connectivity index (χ1v) is 6.53. The van der Waals surface area contributed by atoms with Gasteiger partial charge in [0.1, 0.15) is 11.3 Å². The Labute approximate surface area is 116 Å². The minimum absolute atomic E-state index is 0.218. The van der Waals surface area contributed by atoms with Crippen molar-refractivity contribution < 1.29 is 9.15 Å². The van der Waals surface area contributed by atoms with Gasteiger partial charge in [-0.3, -0.25) is 4.98 Å². The Bertz CT molecular complexity index is 716. The van der Waals surface area contributed by atoms with Gasteiger partial charge in [0.15, 0.2) is 6.61 Å². The van der Waals surface area contributed by atoms with Gasteiger partial charge in [-0.2, -0.15) is 0 Å². The fourth-order valence-electron chi connectivity index (χ4n) is 1.89. The standard InChI is InChI=1S/C15H15N3O2/c1-10(2)15-18-17-13(20-15)9-19-12-7-3-5-11-6-4-8-16-14(11)12/h3-8,10H,9H2,1-2H3. The van der Waals surface area contributed by atoms with Crippen molar-refractivity contribution in [2.75, 3.05) is 0 Å². The Morgan fingerprint density at radius 2 is 2.00 bits per heavy atom. The second-order valence-electron chi connectivity index (χ2n) is 4.81. The fraction of sp³-hybridized carbons (Fsp3) is 0.267. The molecule has 0 saturated carbocycles. The molecule has 0 N–H and O–H groups in total. The van der Waals surface area contributed by atoms with Crippen molar-refractivity contribution in [2.24, 2.45) is 0 Å². The topological polar surface area (TPSA) is 61.0 Å². The molecule has 20 heavy (non-hydrogen) atoms. The van der Waals surface area contributed by atoms with Crippen LogP contribution in [0.5, 0.6) is 5.75 Å². The Morgan fingerprint density at radius 3 is 2.80 bits per heavy atom. The Balaban J connectivity index is 1.79. The van der Waals surface area contributed by atoms with Gasteiger partial charge in [0.2, 0.25) is 5.89 Å². The summed E-state index contributed by atoms with van der Waals surface area (Å²) in [6, 6.07) is 9.72. The molecule has 2 heterocycles. The minimum atomic E-state index is 0.218. The van der Waals surface area contributed by atoms with Gasteiger partial charge in [-0.25, -0.2) is 0 Å². The maximum Gasteiger partial charge on any atom is 0.253 e. The van der Waals surface area contributed by atoms with E-state index in [9.17, 15) is 0 Å². The SMILES string of the molecule is CC(C)c1nnc(COc2cccc3cccnc23)o1. The summed E-state index contributed by atoms with van der Waals surface area (Å²) in [5.74, 6) is 2.03. The number of nitrogens with zero attached hydrogens (tertiary/aromatic N) is 3. The quantitative estimate of drug-likeness (QED) is 0.727. The zero-order chi connectivity index (χ0) is 13.9. The van der Waals surface area contributed by atoms with E-state index in [0.29, 0.717) is 17.5 Å². The van der Waals surface area contributed by atoms with Gasteiger partial charge in [-0.1, -0.05) is 32.0 Å². The van der Waals surface area contributed by atoms with E-state index < -0.39 is 0 Å². The molecule has 0 amide bonds. The molecule has 2 aromatic heterocycles. The third-order valence-electron chi connectivity index (χ3n) is 2.92. The van der Waals surface area contributed by atoms with E-state index in [2.05, 4.69) is 15.2 Å². The van der Waals surface area contributed by atoms with Crippen LogP contribution in [0.25, 0.3) is 10.9 Å². The van der Waals surface area contributed by atoms with Crippen LogP contribution in [0.1, 0.15) is 31.5 Å². The normalized spacial score (nSPS) is 11.2. The number of pyridine rings is 1. The van der Waals surface area contributed by atoms with E-state index >= 15 is 0 Å². The van der Waals surface area contributed by atoms with Crippen molar-refractivity contribution in [1.82, 2.24) is 15.2 Å². The molecule has 5 nitrogen and oxygen atoms in total.